The lowest BCUT2D eigenvalue weighted by molar-refractivity contribution is 0.580. The standard InChI is InChI=1S/C21H17BrCl3N5O2S/c22-15-12-27-30-20(11-18(29-21(15)30)14-4-1-2-5-16(14)24)26-8-3-9-28-33(31,32)19-10-13(23)6-7-17(19)25/h1-2,4-7,10-12,26,28H,3,8-9H2. The van der Waals surface area contributed by atoms with Crippen molar-refractivity contribution < 1.29 is 8.42 Å². The van der Waals surface area contributed by atoms with Gasteiger partial charge in [-0.05, 0) is 46.6 Å². The number of halogens is 4. The molecule has 0 aliphatic carbocycles. The minimum absolute atomic E-state index is 0.0498. The zero-order valence-electron chi connectivity index (χ0n) is 16.9. The van der Waals surface area contributed by atoms with Crippen molar-refractivity contribution in [1.29, 1.82) is 0 Å². The molecule has 172 valence electrons. The van der Waals surface area contributed by atoms with E-state index < -0.39 is 10.0 Å². The van der Waals surface area contributed by atoms with Crippen LogP contribution in [-0.2, 0) is 10.0 Å². The van der Waals surface area contributed by atoms with E-state index >= 15 is 0 Å². The maximum Gasteiger partial charge on any atom is 0.242 e. The van der Waals surface area contributed by atoms with Crippen molar-refractivity contribution in [1.82, 2.24) is 19.3 Å². The normalized spacial score (nSPS) is 11.8. The highest BCUT2D eigenvalue weighted by Gasteiger charge is 2.18. The predicted octanol–water partition coefficient (Wildman–Crippen LogP) is 5.90. The maximum atomic E-state index is 12.5. The van der Waals surface area contributed by atoms with Gasteiger partial charge in [-0.2, -0.15) is 9.61 Å². The number of rotatable bonds is 8. The fourth-order valence-corrected chi connectivity index (χ4v) is 5.56. The average molecular weight is 590 g/mol. The van der Waals surface area contributed by atoms with Crippen molar-refractivity contribution in [3.05, 3.63) is 74.3 Å². The topological polar surface area (TPSA) is 88.4 Å². The van der Waals surface area contributed by atoms with Crippen molar-refractivity contribution in [2.24, 2.45) is 0 Å². The molecule has 0 radical (unpaired) electrons. The van der Waals surface area contributed by atoms with Gasteiger partial charge in [0.1, 0.15) is 10.7 Å². The van der Waals surface area contributed by atoms with E-state index in [2.05, 4.69) is 36.1 Å². The fraction of sp³-hybridized carbons (Fsp3) is 0.143. The molecule has 12 heteroatoms. The summed E-state index contributed by atoms with van der Waals surface area (Å²) in [7, 11) is -3.78. The highest BCUT2D eigenvalue weighted by Crippen LogP contribution is 2.30. The van der Waals surface area contributed by atoms with Gasteiger partial charge in [0.05, 0.1) is 21.4 Å². The molecule has 4 aromatic rings. The SMILES string of the molecule is O=S(=O)(NCCCNc1cc(-c2ccccc2Cl)nc2c(Br)cnn12)c1cc(Cl)ccc1Cl. The van der Waals surface area contributed by atoms with Crippen molar-refractivity contribution in [2.45, 2.75) is 11.3 Å². The van der Waals surface area contributed by atoms with E-state index in [9.17, 15) is 8.42 Å². The summed E-state index contributed by atoms with van der Waals surface area (Å²) in [5.74, 6) is 0.696. The molecule has 33 heavy (non-hydrogen) atoms. The quantitative estimate of drug-likeness (QED) is 0.250. The summed E-state index contributed by atoms with van der Waals surface area (Å²) in [6.45, 7) is 0.678. The molecule has 2 aromatic heterocycles. The highest BCUT2D eigenvalue weighted by molar-refractivity contribution is 9.10. The van der Waals surface area contributed by atoms with E-state index in [1.807, 2.05) is 24.3 Å². The molecule has 4 rings (SSSR count). The number of benzene rings is 2. The minimum Gasteiger partial charge on any atom is -0.370 e. The van der Waals surface area contributed by atoms with Gasteiger partial charge in [-0.15, -0.1) is 0 Å². The van der Waals surface area contributed by atoms with E-state index in [-0.39, 0.29) is 16.5 Å². The van der Waals surface area contributed by atoms with E-state index in [1.165, 1.54) is 18.2 Å². The first-order chi connectivity index (χ1) is 15.8. The Balaban J connectivity index is 1.46. The van der Waals surface area contributed by atoms with Crippen LogP contribution in [0.2, 0.25) is 15.1 Å². The van der Waals surface area contributed by atoms with Crippen LogP contribution in [0, 0.1) is 0 Å². The molecule has 0 amide bonds. The van der Waals surface area contributed by atoms with Crippen molar-refractivity contribution >= 4 is 72.2 Å². The van der Waals surface area contributed by atoms with E-state index in [4.69, 9.17) is 34.8 Å². The van der Waals surface area contributed by atoms with Crippen LogP contribution in [-0.4, -0.2) is 36.1 Å². The van der Waals surface area contributed by atoms with Gasteiger partial charge in [0, 0.05) is 34.8 Å². The van der Waals surface area contributed by atoms with E-state index in [1.54, 1.807) is 16.8 Å². The Kier molecular flexibility index (Phi) is 7.47. The summed E-state index contributed by atoms with van der Waals surface area (Å²) >= 11 is 21.7. The molecule has 0 aliphatic heterocycles. The number of nitrogens with zero attached hydrogens (tertiary/aromatic N) is 3. The van der Waals surface area contributed by atoms with Crippen LogP contribution >= 0.6 is 50.7 Å². The summed E-state index contributed by atoms with van der Waals surface area (Å²) in [6, 6.07) is 13.6. The minimum atomic E-state index is -3.78. The summed E-state index contributed by atoms with van der Waals surface area (Å²) in [6.07, 6.45) is 2.16. The van der Waals surface area contributed by atoms with E-state index in [0.29, 0.717) is 40.2 Å². The average Bonchev–Trinajstić information content (AvgIpc) is 3.16. The molecular formula is C21H17BrCl3N5O2S. The van der Waals surface area contributed by atoms with Gasteiger partial charge in [-0.3, -0.25) is 0 Å². The Bertz CT molecular complexity index is 1430. The Labute approximate surface area is 214 Å². The lowest BCUT2D eigenvalue weighted by Crippen LogP contribution is -2.26. The molecule has 7 nitrogen and oxygen atoms in total. The molecule has 0 saturated carbocycles. The second kappa shape index (κ2) is 10.2. The molecule has 0 bridgehead atoms. The number of sulfonamides is 1. The zero-order valence-corrected chi connectivity index (χ0v) is 21.6. The van der Waals surface area contributed by atoms with Crippen LogP contribution in [0.25, 0.3) is 16.9 Å². The Morgan fingerprint density at radius 1 is 1.00 bits per heavy atom. The van der Waals surface area contributed by atoms with Gasteiger partial charge in [-0.1, -0.05) is 53.0 Å². The van der Waals surface area contributed by atoms with Gasteiger partial charge in [0.2, 0.25) is 10.0 Å². The zero-order chi connectivity index (χ0) is 23.6. The smallest absolute Gasteiger partial charge is 0.242 e. The molecule has 0 atom stereocenters. The summed E-state index contributed by atoms with van der Waals surface area (Å²) in [5.41, 5.74) is 2.11. The molecule has 0 unspecified atom stereocenters. The predicted molar refractivity (Wildman–Crippen MR) is 136 cm³/mol. The molecule has 2 aromatic carbocycles. The van der Waals surface area contributed by atoms with Crippen molar-refractivity contribution in [3.63, 3.8) is 0 Å². The van der Waals surface area contributed by atoms with E-state index in [0.717, 1.165) is 10.0 Å². The number of fused-ring (bicyclic) bond motifs is 1. The first-order valence-electron chi connectivity index (χ1n) is 9.74. The second-order valence-electron chi connectivity index (χ2n) is 6.99. The Morgan fingerprint density at radius 3 is 2.58 bits per heavy atom. The second-order valence-corrected chi connectivity index (χ2v) is 10.8. The summed E-state index contributed by atoms with van der Waals surface area (Å²) in [5, 5.41) is 8.63. The van der Waals surface area contributed by atoms with Crippen LogP contribution in [0.3, 0.4) is 0 Å². The van der Waals surface area contributed by atoms with Crippen LogP contribution < -0.4 is 10.0 Å². The van der Waals surface area contributed by atoms with Crippen molar-refractivity contribution in [3.8, 4) is 11.3 Å². The first kappa shape index (κ1) is 24.3. The fourth-order valence-electron chi connectivity index (χ4n) is 3.14. The van der Waals surface area contributed by atoms with Crippen molar-refractivity contribution in [2.75, 3.05) is 18.4 Å². The number of nitrogens with one attached hydrogen (secondary N) is 2. The van der Waals surface area contributed by atoms with Crippen LogP contribution in [0.4, 0.5) is 5.82 Å². The lowest BCUT2D eigenvalue weighted by Gasteiger charge is -2.12. The third-order valence-corrected chi connectivity index (χ3v) is 7.78. The molecule has 2 N–H and O–H groups in total. The first-order valence-corrected chi connectivity index (χ1v) is 13.1. The van der Waals surface area contributed by atoms with Crippen LogP contribution in [0.5, 0.6) is 0 Å². The number of aromatic nitrogens is 3. The number of hydrogen-bond acceptors (Lipinski definition) is 5. The number of hydrogen-bond donors (Lipinski definition) is 2. The largest absolute Gasteiger partial charge is 0.370 e. The van der Waals surface area contributed by atoms with Gasteiger partial charge in [0.15, 0.2) is 5.65 Å². The summed E-state index contributed by atoms with van der Waals surface area (Å²) < 4.78 is 30.0. The van der Waals surface area contributed by atoms with Gasteiger partial charge in [0.25, 0.3) is 0 Å². The number of anilines is 1. The Hall–Kier alpha value is -1.88. The van der Waals surface area contributed by atoms with Gasteiger partial charge in [-0.25, -0.2) is 18.1 Å². The van der Waals surface area contributed by atoms with Crippen LogP contribution in [0.1, 0.15) is 6.42 Å². The van der Waals surface area contributed by atoms with Crippen LogP contribution in [0.15, 0.2) is 64.1 Å². The maximum absolute atomic E-state index is 12.5. The highest BCUT2D eigenvalue weighted by atomic mass is 79.9. The summed E-state index contributed by atoms with van der Waals surface area (Å²) in [4.78, 5) is 4.62. The molecule has 0 saturated heterocycles. The van der Waals surface area contributed by atoms with Gasteiger partial charge < -0.3 is 5.32 Å². The third kappa shape index (κ3) is 5.45. The molecular weight excluding hydrogens is 573 g/mol. The van der Waals surface area contributed by atoms with Gasteiger partial charge >= 0.3 is 0 Å². The lowest BCUT2D eigenvalue weighted by atomic mass is 10.1. The molecule has 2 heterocycles. The molecule has 0 aliphatic rings. The molecule has 0 spiro atoms. The Morgan fingerprint density at radius 2 is 1.79 bits per heavy atom. The third-order valence-electron chi connectivity index (χ3n) is 4.71. The monoisotopic (exact) mass is 587 g/mol. The molecule has 0 fully saturated rings.